The molecule has 1 aliphatic rings. The number of hydrogen-bond donors (Lipinski definition) is 2. The normalized spacial score (nSPS) is 23.8. The van der Waals surface area contributed by atoms with Gasteiger partial charge in [-0.3, -0.25) is 0 Å². The zero-order valence-corrected chi connectivity index (χ0v) is 14.4. The first kappa shape index (κ1) is 16.5. The van der Waals surface area contributed by atoms with Crippen molar-refractivity contribution < 1.29 is 13.5 Å². The molecule has 0 saturated heterocycles. The van der Waals surface area contributed by atoms with Gasteiger partial charge in [0.1, 0.15) is 4.90 Å². The van der Waals surface area contributed by atoms with Crippen LogP contribution in [0.4, 0.5) is 0 Å². The van der Waals surface area contributed by atoms with Crippen LogP contribution in [0.1, 0.15) is 25.7 Å². The first-order valence-electron chi connectivity index (χ1n) is 6.16. The van der Waals surface area contributed by atoms with Crippen LogP contribution < -0.4 is 4.72 Å². The predicted molar refractivity (Wildman–Crippen MR) is 82.7 cm³/mol. The maximum Gasteiger partial charge on any atom is 0.243 e. The largest absolute Gasteiger partial charge is 0.391 e. The van der Waals surface area contributed by atoms with Gasteiger partial charge >= 0.3 is 0 Å². The van der Waals surface area contributed by atoms with E-state index in [9.17, 15) is 13.5 Å². The second kappa shape index (κ2) is 6.50. The molecule has 2 atom stereocenters. The molecule has 0 amide bonds. The second-order valence-corrected chi connectivity index (χ2v) is 8.16. The second-order valence-electron chi connectivity index (χ2n) is 4.78. The molecule has 0 aromatic heterocycles. The van der Waals surface area contributed by atoms with Crippen molar-refractivity contribution in [2.24, 2.45) is 0 Å². The fourth-order valence-corrected chi connectivity index (χ4v) is 5.53. The lowest BCUT2D eigenvalue weighted by Crippen LogP contribution is -2.45. The van der Waals surface area contributed by atoms with Crippen LogP contribution in [0, 0.1) is 0 Å². The number of hydrogen-bond acceptors (Lipinski definition) is 3. The van der Waals surface area contributed by atoms with E-state index in [4.69, 9.17) is 23.2 Å². The van der Waals surface area contributed by atoms with Crippen molar-refractivity contribution in [2.45, 2.75) is 42.7 Å². The van der Waals surface area contributed by atoms with Crippen LogP contribution in [0.15, 0.2) is 21.5 Å². The topological polar surface area (TPSA) is 66.4 Å². The summed E-state index contributed by atoms with van der Waals surface area (Å²) in [5, 5.41) is 9.95. The van der Waals surface area contributed by atoms with Crippen LogP contribution in [-0.4, -0.2) is 25.7 Å². The van der Waals surface area contributed by atoms with Gasteiger partial charge in [0.15, 0.2) is 0 Å². The Morgan fingerprint density at radius 3 is 2.30 bits per heavy atom. The lowest BCUT2D eigenvalue weighted by molar-refractivity contribution is 0.101. The van der Waals surface area contributed by atoms with Crippen molar-refractivity contribution >= 4 is 49.2 Å². The average Bonchev–Trinajstić information content (AvgIpc) is 2.30. The van der Waals surface area contributed by atoms with E-state index in [0.717, 1.165) is 12.8 Å². The van der Waals surface area contributed by atoms with Crippen LogP contribution in [0.5, 0.6) is 0 Å². The highest BCUT2D eigenvalue weighted by Gasteiger charge is 2.30. The van der Waals surface area contributed by atoms with Crippen molar-refractivity contribution in [2.75, 3.05) is 0 Å². The third-order valence-electron chi connectivity index (χ3n) is 3.27. The molecule has 0 unspecified atom stereocenters. The predicted octanol–water partition coefficient (Wildman–Crippen LogP) is 3.34. The summed E-state index contributed by atoms with van der Waals surface area (Å²) in [5.74, 6) is 0. The molecule has 0 aliphatic heterocycles. The molecule has 0 heterocycles. The van der Waals surface area contributed by atoms with Gasteiger partial charge in [0, 0.05) is 10.5 Å². The summed E-state index contributed by atoms with van der Waals surface area (Å²) in [4.78, 5) is -0.151. The Morgan fingerprint density at radius 1 is 1.20 bits per heavy atom. The number of nitrogens with one attached hydrogen (secondary N) is 1. The zero-order valence-electron chi connectivity index (χ0n) is 10.4. The Hall–Kier alpha value is 0.150. The number of halogens is 3. The van der Waals surface area contributed by atoms with Crippen LogP contribution in [-0.2, 0) is 10.0 Å². The maximum atomic E-state index is 12.4. The Morgan fingerprint density at radius 2 is 1.75 bits per heavy atom. The summed E-state index contributed by atoms with van der Waals surface area (Å²) in [6.45, 7) is 0. The van der Waals surface area contributed by atoms with Crippen molar-refractivity contribution in [3.8, 4) is 0 Å². The zero-order chi connectivity index (χ0) is 14.9. The van der Waals surface area contributed by atoms with E-state index in [1.54, 1.807) is 0 Å². The van der Waals surface area contributed by atoms with Crippen molar-refractivity contribution in [3.63, 3.8) is 0 Å². The highest BCUT2D eigenvalue weighted by atomic mass is 79.9. The van der Waals surface area contributed by atoms with Crippen molar-refractivity contribution in [1.29, 1.82) is 0 Å². The van der Waals surface area contributed by atoms with E-state index in [0.29, 0.717) is 17.3 Å². The molecule has 1 aromatic carbocycles. The van der Waals surface area contributed by atoms with Gasteiger partial charge in [0.25, 0.3) is 0 Å². The van der Waals surface area contributed by atoms with E-state index in [1.807, 2.05) is 0 Å². The number of sulfonamides is 1. The molecule has 112 valence electrons. The van der Waals surface area contributed by atoms with Gasteiger partial charge in [0.2, 0.25) is 10.0 Å². The van der Waals surface area contributed by atoms with Crippen molar-refractivity contribution in [3.05, 3.63) is 26.7 Å². The summed E-state index contributed by atoms with van der Waals surface area (Å²) < 4.78 is 27.9. The van der Waals surface area contributed by atoms with E-state index in [2.05, 4.69) is 20.7 Å². The molecule has 0 radical (unpaired) electrons. The third-order valence-corrected chi connectivity index (χ3v) is 6.14. The minimum atomic E-state index is -3.87. The van der Waals surface area contributed by atoms with Gasteiger partial charge in [-0.2, -0.15) is 0 Å². The molecule has 0 bridgehead atoms. The van der Waals surface area contributed by atoms with Crippen LogP contribution in [0.2, 0.25) is 10.0 Å². The molecule has 20 heavy (non-hydrogen) atoms. The van der Waals surface area contributed by atoms with E-state index < -0.39 is 22.2 Å². The molecular weight excluding hydrogens is 389 g/mol. The Labute approximate surface area is 136 Å². The van der Waals surface area contributed by atoms with Crippen LogP contribution in [0.3, 0.4) is 0 Å². The summed E-state index contributed by atoms with van der Waals surface area (Å²) in [6, 6.07) is 2.45. The minimum Gasteiger partial charge on any atom is -0.391 e. The number of aliphatic hydroxyl groups excluding tert-OH is 1. The monoisotopic (exact) mass is 401 g/mol. The van der Waals surface area contributed by atoms with Gasteiger partial charge in [-0.1, -0.05) is 52.0 Å². The lowest BCUT2D eigenvalue weighted by Gasteiger charge is -2.28. The molecule has 2 rings (SSSR count). The summed E-state index contributed by atoms with van der Waals surface area (Å²) in [7, 11) is -3.87. The van der Waals surface area contributed by atoms with E-state index >= 15 is 0 Å². The molecule has 4 nitrogen and oxygen atoms in total. The lowest BCUT2D eigenvalue weighted by atomic mass is 9.93. The van der Waals surface area contributed by atoms with Crippen molar-refractivity contribution in [1.82, 2.24) is 4.72 Å². The third kappa shape index (κ3) is 3.67. The van der Waals surface area contributed by atoms with Gasteiger partial charge in [-0.15, -0.1) is 0 Å². The fourth-order valence-electron chi connectivity index (χ4n) is 2.29. The fraction of sp³-hybridized carbons (Fsp3) is 0.500. The molecule has 1 saturated carbocycles. The minimum absolute atomic E-state index is 0.0437. The Balaban J connectivity index is 2.31. The van der Waals surface area contributed by atoms with Gasteiger partial charge < -0.3 is 5.11 Å². The molecule has 1 aromatic rings. The molecule has 1 fully saturated rings. The maximum absolute atomic E-state index is 12.4. The van der Waals surface area contributed by atoms with E-state index in [-0.39, 0.29) is 14.9 Å². The van der Waals surface area contributed by atoms with E-state index in [1.165, 1.54) is 12.1 Å². The average molecular weight is 403 g/mol. The summed E-state index contributed by atoms with van der Waals surface area (Å²) in [6.07, 6.45) is 2.30. The van der Waals surface area contributed by atoms with Gasteiger partial charge in [0.05, 0.1) is 16.1 Å². The first-order valence-corrected chi connectivity index (χ1v) is 9.19. The smallest absolute Gasteiger partial charge is 0.243 e. The first-order chi connectivity index (χ1) is 9.31. The highest BCUT2D eigenvalue weighted by molar-refractivity contribution is 9.10. The van der Waals surface area contributed by atoms with Gasteiger partial charge in [-0.05, 0) is 25.0 Å². The number of benzene rings is 1. The SMILES string of the molecule is O=S(=O)(N[C@H]1CCCC[C@@H]1O)c1c(Cl)cc(Br)cc1Cl. The number of rotatable bonds is 3. The summed E-state index contributed by atoms with van der Waals surface area (Å²) in [5.41, 5.74) is 0. The number of aliphatic hydroxyl groups is 1. The standard InChI is InChI=1S/C12H14BrCl2NO3S/c13-7-5-8(14)12(9(15)6-7)20(18,19)16-10-3-1-2-4-11(10)17/h5-6,10-11,16-17H,1-4H2/t10-,11-/m0/s1. The van der Waals surface area contributed by atoms with Crippen LogP contribution >= 0.6 is 39.1 Å². The molecule has 0 spiro atoms. The Kier molecular flexibility index (Phi) is 5.37. The Bertz CT molecular complexity index is 586. The molecule has 2 N–H and O–H groups in total. The van der Waals surface area contributed by atoms with Crippen LogP contribution in [0.25, 0.3) is 0 Å². The molecular formula is C12H14BrCl2NO3S. The summed E-state index contributed by atoms with van der Waals surface area (Å²) >= 11 is 15.2. The van der Waals surface area contributed by atoms with Gasteiger partial charge in [-0.25, -0.2) is 13.1 Å². The molecule has 1 aliphatic carbocycles. The quantitative estimate of drug-likeness (QED) is 0.814. The highest BCUT2D eigenvalue weighted by Crippen LogP contribution is 2.33. The molecule has 8 heteroatoms.